The summed E-state index contributed by atoms with van der Waals surface area (Å²) in [4.78, 5) is 8.50. The molecule has 0 saturated heterocycles. The molecular weight excluding hydrogens is 371 g/mol. The van der Waals surface area contributed by atoms with Crippen molar-refractivity contribution >= 4 is 5.69 Å². The predicted molar refractivity (Wildman–Crippen MR) is 41.1 cm³/mol. The van der Waals surface area contributed by atoms with Gasteiger partial charge in [0.15, 0.2) is 5.75 Å². The van der Waals surface area contributed by atoms with Crippen LogP contribution in [0.4, 0.5) is 5.69 Å². The molecule has 0 aliphatic rings. The molecule has 0 spiro atoms. The normalized spacial score (nSPS) is 8.83. The fourth-order valence-electron chi connectivity index (χ4n) is 0.744. The summed E-state index contributed by atoms with van der Waals surface area (Å²) in [7, 11) is 0. The van der Waals surface area contributed by atoms with Crippen LogP contribution in [0.25, 0.3) is 5.73 Å². The van der Waals surface area contributed by atoms with Crippen LogP contribution in [0, 0.1) is 51.0 Å². The third-order valence-corrected chi connectivity index (χ3v) is 1.34. The summed E-state index contributed by atoms with van der Waals surface area (Å²) >= 11 is 0. The van der Waals surface area contributed by atoms with Gasteiger partial charge < -0.3 is 10.6 Å². The first-order valence-electron chi connectivity index (χ1n) is 3.09. The molecule has 0 atom stereocenters. The van der Waals surface area contributed by atoms with Gasteiger partial charge >= 0.3 is 0 Å². The average Bonchev–Trinajstić information content (AvgIpc) is 1.98. The molecule has 12 heavy (non-hydrogen) atoms. The molecule has 0 fully saturated rings. The Morgan fingerprint density at radius 1 is 1.42 bits per heavy atom. The number of nitrogens with one attached hydrogen (secondary N) is 1. The van der Waals surface area contributed by atoms with E-state index >= 15 is 0 Å². The Balaban J connectivity index is 0.00000121. The predicted octanol–water partition coefficient (Wildman–Crippen LogP) is 1.86. The third kappa shape index (κ3) is 3.28. The second-order valence-corrected chi connectivity index (χ2v) is 2.16. The van der Waals surface area contributed by atoms with Crippen molar-refractivity contribution in [1.29, 1.82) is 0 Å². The van der Waals surface area contributed by atoms with Crippen molar-refractivity contribution < 1.29 is 53.9 Å². The summed E-state index contributed by atoms with van der Waals surface area (Å²) in [6.07, 6.45) is 0. The van der Waals surface area contributed by atoms with Crippen molar-refractivity contribution in [2.45, 2.75) is 6.92 Å². The fourth-order valence-corrected chi connectivity index (χ4v) is 0.744. The maximum atomic E-state index is 7.32. The largest absolute Gasteiger partial charge is 0.699 e. The van der Waals surface area contributed by atoms with E-state index in [1.54, 1.807) is 18.2 Å². The maximum absolute atomic E-state index is 7.32. The fraction of sp³-hybridized carbons (Fsp3) is 0.143. The van der Waals surface area contributed by atoms with Gasteiger partial charge in [0.25, 0.3) is 0 Å². The topological polar surface area (TPSA) is 68.3 Å². The molecule has 1 rings (SSSR count). The van der Waals surface area contributed by atoms with E-state index < -0.39 is 0 Å². The van der Waals surface area contributed by atoms with Crippen LogP contribution in [0.2, 0.25) is 0 Å². The molecule has 4 nitrogen and oxygen atoms in total. The van der Waals surface area contributed by atoms with Gasteiger partial charge in [-0.25, -0.2) is 0 Å². The first-order chi connectivity index (χ1) is 5.24. The Bertz CT molecular complexity index is 255. The number of benzene rings is 1. The van der Waals surface area contributed by atoms with Crippen LogP contribution in [0.15, 0.2) is 18.2 Å². The molecule has 5 heteroatoms. The molecule has 1 aromatic carbocycles. The zero-order valence-corrected chi connectivity index (χ0v) is 11.4. The van der Waals surface area contributed by atoms with Crippen molar-refractivity contribution in [1.82, 2.24) is 0 Å². The van der Waals surface area contributed by atoms with Crippen molar-refractivity contribution in [3.8, 4) is 5.75 Å². The van der Waals surface area contributed by atoms with E-state index in [2.05, 4.69) is 15.8 Å². The van der Waals surface area contributed by atoms with E-state index in [1.807, 2.05) is 6.92 Å². The number of hydrogen-bond acceptors (Lipinski definition) is 3. The number of rotatable bonds is 2. The van der Waals surface area contributed by atoms with Gasteiger partial charge in [-0.1, -0.05) is 16.6 Å². The Morgan fingerprint density at radius 2 is 2.08 bits per heavy atom. The summed E-state index contributed by atoms with van der Waals surface area (Å²) in [5, 5.41) is 0. The van der Waals surface area contributed by atoms with Gasteiger partial charge in [0.05, 0.1) is 0 Å². The van der Waals surface area contributed by atoms with Gasteiger partial charge in [-0.2, -0.15) is 5.90 Å². The van der Waals surface area contributed by atoms with Gasteiger partial charge in [0, 0.05) is 44.1 Å². The van der Waals surface area contributed by atoms with Crippen LogP contribution >= 0.6 is 0 Å². The van der Waals surface area contributed by atoms with E-state index in [0.29, 0.717) is 11.4 Å². The Labute approximate surface area is 107 Å². The quantitative estimate of drug-likeness (QED) is 0.629. The van der Waals surface area contributed by atoms with Crippen molar-refractivity contribution in [3.63, 3.8) is 0 Å². The van der Waals surface area contributed by atoms with Gasteiger partial charge in [-0.3, -0.25) is 0 Å². The average molecular weight is 380 g/mol. The van der Waals surface area contributed by atoms with Crippen molar-refractivity contribution in [2.75, 3.05) is 0 Å². The summed E-state index contributed by atoms with van der Waals surface area (Å²) in [6, 6.07) is 4.90. The summed E-state index contributed by atoms with van der Waals surface area (Å²) in [5.74, 6) is 5.18. The third-order valence-electron chi connectivity index (χ3n) is 1.34. The monoisotopic (exact) mass is 380 g/mol. The van der Waals surface area contributed by atoms with Crippen molar-refractivity contribution in [2.24, 2.45) is 5.90 Å². The SMILES string of the molecule is Cc1cc(OON)ccc1[NH-].[Ac]. The Kier molecular flexibility index (Phi) is 5.85. The van der Waals surface area contributed by atoms with E-state index in [4.69, 9.17) is 5.73 Å². The molecule has 3 N–H and O–H groups in total. The Hall–Kier alpha value is 0.182. The minimum absolute atomic E-state index is 0. The summed E-state index contributed by atoms with van der Waals surface area (Å²) in [5.41, 5.74) is 8.61. The maximum Gasteiger partial charge on any atom is 0.167 e. The molecule has 0 unspecified atom stereocenters. The standard InChI is InChI=1S/C7H9N2O2.Ac/c1-5-4-6(10-11-9)2-3-7(5)8;/h2-4,8H,9H2,1H3;/q-1;. The molecule has 0 aromatic heterocycles. The molecular formula is C7H9AcN2O2-. The summed E-state index contributed by atoms with van der Waals surface area (Å²) < 4.78 is 0. The van der Waals surface area contributed by atoms with Crippen LogP contribution in [0.5, 0.6) is 5.75 Å². The molecule has 63 valence electrons. The Morgan fingerprint density at radius 3 is 2.58 bits per heavy atom. The van der Waals surface area contributed by atoms with Gasteiger partial charge in [-0.05, 0) is 19.1 Å². The molecule has 0 bridgehead atoms. The van der Waals surface area contributed by atoms with Gasteiger partial charge in [0.1, 0.15) is 0 Å². The van der Waals surface area contributed by atoms with E-state index in [-0.39, 0.29) is 44.1 Å². The van der Waals surface area contributed by atoms with Crippen LogP contribution in [-0.4, -0.2) is 0 Å². The van der Waals surface area contributed by atoms with Crippen LogP contribution in [-0.2, 0) is 4.99 Å². The smallest absolute Gasteiger partial charge is 0.167 e. The van der Waals surface area contributed by atoms with Gasteiger partial charge in [0.2, 0.25) is 0 Å². The molecule has 0 amide bonds. The van der Waals surface area contributed by atoms with Crippen LogP contribution < -0.4 is 10.8 Å². The zero-order valence-electron chi connectivity index (χ0n) is 6.70. The molecule has 1 radical (unpaired) electrons. The van der Waals surface area contributed by atoms with Crippen LogP contribution in [0.1, 0.15) is 5.56 Å². The second-order valence-electron chi connectivity index (χ2n) is 2.16. The second kappa shape index (κ2) is 5.76. The number of hydrogen-bond donors (Lipinski definition) is 1. The van der Waals surface area contributed by atoms with E-state index in [0.717, 1.165) is 5.56 Å². The number of aryl methyl sites for hydroxylation is 1. The number of nitrogens with two attached hydrogens (primary N) is 1. The zero-order chi connectivity index (χ0) is 8.27. The molecule has 0 saturated carbocycles. The molecule has 0 aliphatic heterocycles. The first kappa shape index (κ1) is 12.2. The van der Waals surface area contributed by atoms with Crippen molar-refractivity contribution in [3.05, 3.63) is 29.5 Å². The minimum Gasteiger partial charge on any atom is -0.699 e. The molecule has 1 aromatic rings. The first-order valence-corrected chi connectivity index (χ1v) is 3.09. The molecule has 0 heterocycles. The van der Waals surface area contributed by atoms with Crippen LogP contribution in [0.3, 0.4) is 0 Å². The van der Waals surface area contributed by atoms with Gasteiger partial charge in [-0.15, -0.1) is 5.69 Å². The molecule has 0 aliphatic carbocycles. The minimum atomic E-state index is 0. The summed E-state index contributed by atoms with van der Waals surface area (Å²) in [6.45, 7) is 1.81. The van der Waals surface area contributed by atoms with E-state index in [1.165, 1.54) is 0 Å². The van der Waals surface area contributed by atoms with E-state index in [9.17, 15) is 0 Å².